The molecule has 0 amide bonds. The van der Waals surface area contributed by atoms with Gasteiger partial charge < -0.3 is 9.72 Å². The van der Waals surface area contributed by atoms with Gasteiger partial charge in [0.2, 0.25) is 5.78 Å². The Hall–Kier alpha value is -2.07. The summed E-state index contributed by atoms with van der Waals surface area (Å²) in [5.41, 5.74) is 1.78. The number of nitrogens with one attached hydrogen (secondary N) is 1. The number of benzene rings is 1. The lowest BCUT2D eigenvalue weighted by molar-refractivity contribution is -0.151. The Morgan fingerprint density at radius 2 is 1.95 bits per heavy atom. The van der Waals surface area contributed by atoms with E-state index in [4.69, 9.17) is 11.6 Å². The van der Waals surface area contributed by atoms with Crippen molar-refractivity contribution in [3.8, 4) is 0 Å². The zero-order valence-electron chi connectivity index (χ0n) is 10.9. The van der Waals surface area contributed by atoms with Gasteiger partial charge in [-0.2, -0.15) is 0 Å². The molecule has 0 radical (unpaired) electrons. The minimum absolute atomic E-state index is 0.0504. The first-order valence-corrected chi connectivity index (χ1v) is 6.49. The fraction of sp³-hybridized carbons (Fsp3) is 0.200. The van der Waals surface area contributed by atoms with Crippen molar-refractivity contribution in [3.63, 3.8) is 0 Å². The molecule has 104 valence electrons. The topological polar surface area (TPSA) is 59.2 Å². The number of methoxy groups -OCH3 is 1. The maximum Gasteiger partial charge on any atom is 0.374 e. The van der Waals surface area contributed by atoms with E-state index < -0.39 is 11.8 Å². The third kappa shape index (κ3) is 3.27. The van der Waals surface area contributed by atoms with Crippen LogP contribution in [-0.2, 0) is 14.3 Å². The molecule has 0 saturated carbocycles. The standard InChI is InChI=1S/C15H14ClNO3/c1-20-15(19)14(18)9-12(13-3-2-8-17-13)10-4-6-11(16)7-5-10/h2-8,12,17H,9H2,1H3. The first kappa shape index (κ1) is 14.3. The highest BCUT2D eigenvalue weighted by Crippen LogP contribution is 2.28. The lowest BCUT2D eigenvalue weighted by Gasteiger charge is -2.15. The number of halogens is 1. The van der Waals surface area contributed by atoms with Crippen LogP contribution in [0.4, 0.5) is 0 Å². The largest absolute Gasteiger partial charge is 0.463 e. The maximum absolute atomic E-state index is 11.8. The van der Waals surface area contributed by atoms with E-state index in [1.807, 2.05) is 24.3 Å². The second-order valence-electron chi connectivity index (χ2n) is 4.35. The Kier molecular flexibility index (Phi) is 4.58. The lowest BCUT2D eigenvalue weighted by atomic mass is 9.91. The summed E-state index contributed by atoms with van der Waals surface area (Å²) >= 11 is 5.87. The second kappa shape index (κ2) is 6.39. The molecule has 1 heterocycles. The molecule has 1 aromatic carbocycles. The Balaban J connectivity index is 2.28. The molecule has 0 fully saturated rings. The minimum atomic E-state index is -0.824. The molecule has 1 unspecified atom stereocenters. The van der Waals surface area contributed by atoms with E-state index >= 15 is 0 Å². The van der Waals surface area contributed by atoms with Crippen LogP contribution in [0.2, 0.25) is 5.02 Å². The summed E-state index contributed by atoms with van der Waals surface area (Å²) < 4.78 is 4.47. The van der Waals surface area contributed by atoms with Crippen molar-refractivity contribution >= 4 is 23.4 Å². The van der Waals surface area contributed by atoms with Crippen LogP contribution in [0.3, 0.4) is 0 Å². The number of ketones is 1. The molecule has 0 saturated heterocycles. The van der Waals surface area contributed by atoms with E-state index in [2.05, 4.69) is 9.72 Å². The van der Waals surface area contributed by atoms with Crippen molar-refractivity contribution in [3.05, 3.63) is 58.9 Å². The Morgan fingerprint density at radius 1 is 1.25 bits per heavy atom. The molecule has 1 atom stereocenters. The van der Waals surface area contributed by atoms with Crippen LogP contribution in [0.15, 0.2) is 42.6 Å². The van der Waals surface area contributed by atoms with Crippen molar-refractivity contribution in [2.45, 2.75) is 12.3 Å². The zero-order valence-corrected chi connectivity index (χ0v) is 11.7. The molecule has 2 aromatic rings. The number of hydrogen-bond acceptors (Lipinski definition) is 3. The fourth-order valence-corrected chi connectivity index (χ4v) is 2.17. The quantitative estimate of drug-likeness (QED) is 0.680. The molecular weight excluding hydrogens is 278 g/mol. The van der Waals surface area contributed by atoms with Crippen molar-refractivity contribution in [1.29, 1.82) is 0 Å². The zero-order chi connectivity index (χ0) is 14.5. The molecule has 4 nitrogen and oxygen atoms in total. The highest BCUT2D eigenvalue weighted by Gasteiger charge is 2.23. The normalized spacial score (nSPS) is 11.9. The van der Waals surface area contributed by atoms with Gasteiger partial charge >= 0.3 is 5.97 Å². The third-order valence-corrected chi connectivity index (χ3v) is 3.32. The Morgan fingerprint density at radius 3 is 2.50 bits per heavy atom. The summed E-state index contributed by atoms with van der Waals surface area (Å²) in [6, 6.07) is 10.9. The van der Waals surface area contributed by atoms with Crippen molar-refractivity contribution < 1.29 is 14.3 Å². The highest BCUT2D eigenvalue weighted by molar-refractivity contribution is 6.33. The first-order chi connectivity index (χ1) is 9.61. The van der Waals surface area contributed by atoms with Crippen LogP contribution < -0.4 is 0 Å². The number of Topliss-reactive ketones (excluding diaryl/α,β-unsaturated/α-hetero) is 1. The maximum atomic E-state index is 11.8. The van der Waals surface area contributed by atoms with E-state index in [1.165, 1.54) is 7.11 Å². The summed E-state index contributed by atoms with van der Waals surface area (Å²) in [7, 11) is 1.20. The van der Waals surface area contributed by atoms with Crippen LogP contribution in [-0.4, -0.2) is 23.8 Å². The fourth-order valence-electron chi connectivity index (χ4n) is 2.05. The van der Waals surface area contributed by atoms with Gasteiger partial charge in [-0.3, -0.25) is 4.79 Å². The highest BCUT2D eigenvalue weighted by atomic mass is 35.5. The monoisotopic (exact) mass is 291 g/mol. The number of aromatic amines is 1. The van der Waals surface area contributed by atoms with Gasteiger partial charge in [0, 0.05) is 29.3 Å². The summed E-state index contributed by atoms with van der Waals surface area (Å²) in [4.78, 5) is 26.2. The van der Waals surface area contributed by atoms with Gasteiger partial charge in [-0.1, -0.05) is 23.7 Å². The van der Waals surface area contributed by atoms with Crippen LogP contribution in [0.5, 0.6) is 0 Å². The molecule has 1 aromatic heterocycles. The summed E-state index contributed by atoms with van der Waals surface area (Å²) in [5.74, 6) is -1.61. The van der Waals surface area contributed by atoms with Gasteiger partial charge in [-0.05, 0) is 29.8 Å². The predicted molar refractivity (Wildman–Crippen MR) is 75.7 cm³/mol. The van der Waals surface area contributed by atoms with Gasteiger partial charge in [0.05, 0.1) is 7.11 Å². The van der Waals surface area contributed by atoms with Crippen molar-refractivity contribution in [1.82, 2.24) is 4.98 Å². The molecular formula is C15H14ClNO3. The number of carbonyl (C=O) groups excluding carboxylic acids is 2. The summed E-state index contributed by atoms with van der Waals surface area (Å²) in [6.07, 6.45) is 1.83. The molecule has 20 heavy (non-hydrogen) atoms. The predicted octanol–water partition coefficient (Wildman–Crippen LogP) is 2.93. The smallest absolute Gasteiger partial charge is 0.374 e. The molecule has 0 aliphatic carbocycles. The third-order valence-electron chi connectivity index (χ3n) is 3.07. The molecule has 2 rings (SSSR count). The van der Waals surface area contributed by atoms with Gasteiger partial charge in [0.15, 0.2) is 0 Å². The molecule has 0 bridgehead atoms. The van der Waals surface area contributed by atoms with E-state index in [0.29, 0.717) is 5.02 Å². The first-order valence-electron chi connectivity index (χ1n) is 6.11. The van der Waals surface area contributed by atoms with Crippen LogP contribution in [0, 0.1) is 0 Å². The average Bonchev–Trinajstić information content (AvgIpc) is 2.98. The Labute approximate surface area is 121 Å². The van der Waals surface area contributed by atoms with E-state index in [9.17, 15) is 9.59 Å². The van der Waals surface area contributed by atoms with Crippen LogP contribution in [0.1, 0.15) is 23.6 Å². The van der Waals surface area contributed by atoms with Gasteiger partial charge in [0.1, 0.15) is 0 Å². The van der Waals surface area contributed by atoms with Crippen molar-refractivity contribution in [2.24, 2.45) is 0 Å². The number of aromatic nitrogens is 1. The van der Waals surface area contributed by atoms with E-state index in [1.54, 1.807) is 18.3 Å². The summed E-state index contributed by atoms with van der Waals surface area (Å²) in [6.45, 7) is 0. The molecule has 0 aliphatic rings. The van der Waals surface area contributed by atoms with E-state index in [0.717, 1.165) is 11.3 Å². The minimum Gasteiger partial charge on any atom is -0.463 e. The molecule has 0 spiro atoms. The van der Waals surface area contributed by atoms with Crippen molar-refractivity contribution in [2.75, 3.05) is 7.11 Å². The number of hydrogen-bond donors (Lipinski definition) is 1. The average molecular weight is 292 g/mol. The number of carbonyl (C=O) groups is 2. The SMILES string of the molecule is COC(=O)C(=O)CC(c1ccc(Cl)cc1)c1ccc[nH]1. The number of ether oxygens (including phenoxy) is 1. The molecule has 5 heteroatoms. The number of rotatable bonds is 5. The van der Waals surface area contributed by atoms with Gasteiger partial charge in [-0.15, -0.1) is 0 Å². The number of esters is 1. The van der Waals surface area contributed by atoms with Gasteiger partial charge in [0.25, 0.3) is 0 Å². The molecule has 1 N–H and O–H groups in total. The van der Waals surface area contributed by atoms with E-state index in [-0.39, 0.29) is 12.3 Å². The number of H-pyrrole nitrogens is 1. The Bertz CT molecular complexity index is 590. The second-order valence-corrected chi connectivity index (χ2v) is 4.78. The lowest BCUT2D eigenvalue weighted by Crippen LogP contribution is -2.19. The molecule has 0 aliphatic heterocycles. The summed E-state index contributed by atoms with van der Waals surface area (Å²) in [5, 5.41) is 0.623. The van der Waals surface area contributed by atoms with Crippen LogP contribution >= 0.6 is 11.6 Å². The van der Waals surface area contributed by atoms with Crippen LogP contribution in [0.25, 0.3) is 0 Å². The van der Waals surface area contributed by atoms with Gasteiger partial charge in [-0.25, -0.2) is 4.79 Å².